The molecule has 4 heteroatoms. The number of hydrogen-bond donors (Lipinski definition) is 2. The molecule has 4 nitrogen and oxygen atoms in total. The molecule has 0 radical (unpaired) electrons. The van der Waals surface area contributed by atoms with Gasteiger partial charge in [0.2, 0.25) is 5.88 Å². The SMILES string of the molecule is COc1cc(NC(C)CCN)ccn1. The molecule has 1 aromatic rings. The van der Waals surface area contributed by atoms with Crippen LogP contribution >= 0.6 is 0 Å². The smallest absolute Gasteiger partial charge is 0.214 e. The van der Waals surface area contributed by atoms with E-state index in [1.165, 1.54) is 0 Å². The summed E-state index contributed by atoms with van der Waals surface area (Å²) in [4.78, 5) is 4.02. The highest BCUT2D eigenvalue weighted by Crippen LogP contribution is 2.14. The van der Waals surface area contributed by atoms with Crippen molar-refractivity contribution < 1.29 is 4.74 Å². The van der Waals surface area contributed by atoms with E-state index in [0.29, 0.717) is 18.5 Å². The van der Waals surface area contributed by atoms with Gasteiger partial charge in [0.05, 0.1) is 7.11 Å². The molecule has 1 unspecified atom stereocenters. The Kier molecular flexibility index (Phi) is 4.19. The molecule has 78 valence electrons. The van der Waals surface area contributed by atoms with E-state index in [0.717, 1.165) is 12.1 Å². The summed E-state index contributed by atoms with van der Waals surface area (Å²) in [5.74, 6) is 0.620. The lowest BCUT2D eigenvalue weighted by Gasteiger charge is -2.14. The van der Waals surface area contributed by atoms with E-state index in [9.17, 15) is 0 Å². The van der Waals surface area contributed by atoms with Gasteiger partial charge in [-0.05, 0) is 26.0 Å². The lowest BCUT2D eigenvalue weighted by atomic mass is 10.2. The fourth-order valence-electron chi connectivity index (χ4n) is 1.22. The van der Waals surface area contributed by atoms with Gasteiger partial charge < -0.3 is 15.8 Å². The van der Waals surface area contributed by atoms with Crippen LogP contribution in [0.3, 0.4) is 0 Å². The van der Waals surface area contributed by atoms with Gasteiger partial charge in [-0.1, -0.05) is 0 Å². The standard InChI is InChI=1S/C10H17N3O/c1-8(3-5-11)13-9-4-6-12-10(7-9)14-2/h4,6-8H,3,5,11H2,1-2H3,(H,12,13). The zero-order valence-corrected chi connectivity index (χ0v) is 8.66. The quantitative estimate of drug-likeness (QED) is 0.742. The number of ether oxygens (including phenoxy) is 1. The van der Waals surface area contributed by atoms with E-state index < -0.39 is 0 Å². The van der Waals surface area contributed by atoms with Crippen molar-refractivity contribution in [2.45, 2.75) is 19.4 Å². The third-order valence-corrected chi connectivity index (χ3v) is 1.96. The number of nitrogens with zero attached hydrogens (tertiary/aromatic N) is 1. The summed E-state index contributed by atoms with van der Waals surface area (Å²) >= 11 is 0. The largest absolute Gasteiger partial charge is 0.481 e. The second-order valence-electron chi connectivity index (χ2n) is 3.21. The summed E-state index contributed by atoms with van der Waals surface area (Å²) in [6.07, 6.45) is 2.67. The molecule has 0 fully saturated rings. The van der Waals surface area contributed by atoms with Gasteiger partial charge in [0.1, 0.15) is 0 Å². The summed E-state index contributed by atoms with van der Waals surface area (Å²) < 4.78 is 5.02. The summed E-state index contributed by atoms with van der Waals surface area (Å²) in [5.41, 5.74) is 6.47. The maximum absolute atomic E-state index is 5.46. The van der Waals surface area contributed by atoms with Crippen molar-refractivity contribution in [3.05, 3.63) is 18.3 Å². The number of rotatable bonds is 5. The lowest BCUT2D eigenvalue weighted by Crippen LogP contribution is -2.19. The second kappa shape index (κ2) is 5.44. The molecule has 1 heterocycles. The number of nitrogens with one attached hydrogen (secondary N) is 1. The lowest BCUT2D eigenvalue weighted by molar-refractivity contribution is 0.398. The average molecular weight is 195 g/mol. The van der Waals surface area contributed by atoms with Crippen LogP contribution in [0.4, 0.5) is 5.69 Å². The van der Waals surface area contributed by atoms with Crippen molar-refractivity contribution in [2.24, 2.45) is 5.73 Å². The van der Waals surface area contributed by atoms with Crippen LogP contribution in [0, 0.1) is 0 Å². The van der Waals surface area contributed by atoms with Crippen LogP contribution < -0.4 is 15.8 Å². The highest BCUT2D eigenvalue weighted by Gasteiger charge is 2.01. The van der Waals surface area contributed by atoms with Gasteiger partial charge in [0.25, 0.3) is 0 Å². The molecule has 0 aliphatic heterocycles. The highest BCUT2D eigenvalue weighted by molar-refractivity contribution is 5.45. The average Bonchev–Trinajstić information content (AvgIpc) is 2.18. The van der Waals surface area contributed by atoms with Crippen molar-refractivity contribution in [3.63, 3.8) is 0 Å². The number of anilines is 1. The third kappa shape index (κ3) is 3.22. The van der Waals surface area contributed by atoms with E-state index in [2.05, 4.69) is 17.2 Å². The van der Waals surface area contributed by atoms with Crippen molar-refractivity contribution in [1.29, 1.82) is 0 Å². The molecule has 0 saturated carbocycles. The predicted molar refractivity (Wildman–Crippen MR) is 57.5 cm³/mol. The van der Waals surface area contributed by atoms with Crippen molar-refractivity contribution in [3.8, 4) is 5.88 Å². The van der Waals surface area contributed by atoms with E-state index in [-0.39, 0.29) is 0 Å². The molecule has 0 saturated heterocycles. The molecule has 0 aliphatic carbocycles. The van der Waals surface area contributed by atoms with Crippen molar-refractivity contribution >= 4 is 5.69 Å². The molecular formula is C10H17N3O. The Morgan fingerprint density at radius 1 is 1.64 bits per heavy atom. The minimum Gasteiger partial charge on any atom is -0.481 e. The van der Waals surface area contributed by atoms with Crippen LogP contribution in [0.1, 0.15) is 13.3 Å². The molecule has 0 bridgehead atoms. The van der Waals surface area contributed by atoms with Gasteiger partial charge in [-0.3, -0.25) is 0 Å². The fraction of sp³-hybridized carbons (Fsp3) is 0.500. The third-order valence-electron chi connectivity index (χ3n) is 1.96. The monoisotopic (exact) mass is 195 g/mol. The number of nitrogens with two attached hydrogens (primary N) is 1. The molecule has 1 atom stereocenters. The number of methoxy groups -OCH3 is 1. The Bertz CT molecular complexity index is 278. The molecule has 14 heavy (non-hydrogen) atoms. The molecule has 0 aliphatic rings. The van der Waals surface area contributed by atoms with Crippen LogP contribution in [-0.4, -0.2) is 24.7 Å². The second-order valence-corrected chi connectivity index (χ2v) is 3.21. The summed E-state index contributed by atoms with van der Waals surface area (Å²) in [5, 5.41) is 3.32. The van der Waals surface area contributed by atoms with Crippen LogP contribution in [0.15, 0.2) is 18.3 Å². The van der Waals surface area contributed by atoms with Crippen LogP contribution in [-0.2, 0) is 0 Å². The van der Waals surface area contributed by atoms with Gasteiger partial charge >= 0.3 is 0 Å². The first kappa shape index (κ1) is 10.8. The van der Waals surface area contributed by atoms with E-state index in [1.54, 1.807) is 13.3 Å². The van der Waals surface area contributed by atoms with E-state index in [4.69, 9.17) is 10.5 Å². The van der Waals surface area contributed by atoms with Gasteiger partial charge in [-0.2, -0.15) is 0 Å². The first-order valence-electron chi connectivity index (χ1n) is 4.73. The summed E-state index contributed by atoms with van der Waals surface area (Å²) in [6.45, 7) is 2.79. The van der Waals surface area contributed by atoms with Crippen LogP contribution in [0.5, 0.6) is 5.88 Å². The zero-order chi connectivity index (χ0) is 10.4. The van der Waals surface area contributed by atoms with Gasteiger partial charge in [-0.25, -0.2) is 4.98 Å². The number of aromatic nitrogens is 1. The Hall–Kier alpha value is -1.29. The van der Waals surface area contributed by atoms with Gasteiger partial charge in [-0.15, -0.1) is 0 Å². The molecular weight excluding hydrogens is 178 g/mol. The number of hydrogen-bond acceptors (Lipinski definition) is 4. The zero-order valence-electron chi connectivity index (χ0n) is 8.66. The van der Waals surface area contributed by atoms with Gasteiger partial charge in [0, 0.05) is 24.0 Å². The highest BCUT2D eigenvalue weighted by atomic mass is 16.5. The van der Waals surface area contributed by atoms with E-state index in [1.807, 2.05) is 12.1 Å². The maximum atomic E-state index is 5.46. The fourth-order valence-corrected chi connectivity index (χ4v) is 1.22. The normalized spacial score (nSPS) is 12.2. The minimum absolute atomic E-state index is 0.368. The van der Waals surface area contributed by atoms with Gasteiger partial charge in [0.15, 0.2) is 0 Å². The molecule has 3 N–H and O–H groups in total. The Balaban J connectivity index is 2.57. The topological polar surface area (TPSA) is 60.2 Å². The minimum atomic E-state index is 0.368. The molecule has 0 amide bonds. The first-order chi connectivity index (χ1) is 6.76. The summed E-state index contributed by atoms with van der Waals surface area (Å²) in [7, 11) is 1.61. The van der Waals surface area contributed by atoms with Crippen molar-refractivity contribution in [2.75, 3.05) is 19.0 Å². The first-order valence-corrected chi connectivity index (χ1v) is 4.73. The number of pyridine rings is 1. The molecule has 1 rings (SSSR count). The van der Waals surface area contributed by atoms with Crippen molar-refractivity contribution in [1.82, 2.24) is 4.98 Å². The Morgan fingerprint density at radius 2 is 2.43 bits per heavy atom. The Labute approximate surface area is 84.5 Å². The van der Waals surface area contributed by atoms with E-state index >= 15 is 0 Å². The van der Waals surface area contributed by atoms with Crippen LogP contribution in [0.25, 0.3) is 0 Å². The molecule has 1 aromatic heterocycles. The molecule has 0 aromatic carbocycles. The molecule has 0 spiro atoms. The van der Waals surface area contributed by atoms with Crippen LogP contribution in [0.2, 0.25) is 0 Å². The predicted octanol–water partition coefficient (Wildman–Crippen LogP) is 1.24. The Morgan fingerprint density at radius 3 is 3.07 bits per heavy atom. The summed E-state index contributed by atoms with van der Waals surface area (Å²) in [6, 6.07) is 4.15. The maximum Gasteiger partial charge on any atom is 0.214 e.